The van der Waals surface area contributed by atoms with Gasteiger partial charge in [-0.15, -0.1) is 0 Å². The fourth-order valence-electron chi connectivity index (χ4n) is 1.50. The molecule has 12 nitrogen and oxygen atoms in total. The summed E-state index contributed by atoms with van der Waals surface area (Å²) in [6.45, 7) is 0.369. The zero-order valence-corrected chi connectivity index (χ0v) is 12.0. The predicted molar refractivity (Wildman–Crippen MR) is 78.6 cm³/mol. The van der Waals surface area contributed by atoms with Crippen LogP contribution in [0.5, 0.6) is 0 Å². The van der Waals surface area contributed by atoms with Crippen molar-refractivity contribution in [2.45, 2.75) is 31.3 Å². The summed E-state index contributed by atoms with van der Waals surface area (Å²) >= 11 is 0. The van der Waals surface area contributed by atoms with Crippen LogP contribution in [-0.2, 0) is 9.59 Å². The van der Waals surface area contributed by atoms with E-state index in [-0.39, 0.29) is 31.9 Å². The monoisotopic (exact) mass is 318 g/mol. The zero-order chi connectivity index (χ0) is 17.1. The number of aliphatic imine (C=N–C) groups is 1. The summed E-state index contributed by atoms with van der Waals surface area (Å²) in [6, 6.07) is -1.72. The van der Waals surface area contributed by atoms with E-state index in [4.69, 9.17) is 22.9 Å². The lowest BCUT2D eigenvalue weighted by molar-refractivity contribution is -0.525. The van der Waals surface area contributed by atoms with Crippen LogP contribution >= 0.6 is 0 Å². The van der Waals surface area contributed by atoms with Crippen molar-refractivity contribution in [3.8, 4) is 0 Å². The summed E-state index contributed by atoms with van der Waals surface area (Å²) in [5.41, 5.74) is 22.9. The molecule has 0 aliphatic heterocycles. The van der Waals surface area contributed by atoms with Crippen LogP contribution in [0.4, 0.5) is 0 Å². The predicted octanol–water partition coefficient (Wildman–Crippen LogP) is -3.49. The molecule has 0 fully saturated rings. The Labute approximate surface area is 126 Å². The van der Waals surface area contributed by atoms with Crippen LogP contribution in [0.25, 0.3) is 0 Å². The number of carbonyl (C=O) groups excluding carboxylic acids is 2. The van der Waals surface area contributed by atoms with Gasteiger partial charge in [-0.3, -0.25) is 9.59 Å². The molecular formula is C10H22N8O4. The summed E-state index contributed by atoms with van der Waals surface area (Å²) in [6.07, 6.45) is 0.816. The third-order valence-corrected chi connectivity index (χ3v) is 2.61. The summed E-state index contributed by atoms with van der Waals surface area (Å²) in [5, 5.41) is 11.7. The third kappa shape index (κ3) is 8.65. The van der Waals surface area contributed by atoms with E-state index < -0.39 is 28.9 Å². The Kier molecular flexibility index (Phi) is 9.13. The Hall–Kier alpha value is -2.47. The van der Waals surface area contributed by atoms with Crippen molar-refractivity contribution in [1.29, 1.82) is 0 Å². The number of nitrogens with one attached hydrogen (secondary N) is 2. The molecule has 22 heavy (non-hydrogen) atoms. The first-order chi connectivity index (χ1) is 10.3. The molecular weight excluding hydrogens is 296 g/mol. The first-order valence-electron chi connectivity index (χ1n) is 6.54. The van der Waals surface area contributed by atoms with Crippen molar-refractivity contribution in [3.63, 3.8) is 0 Å². The molecule has 0 spiro atoms. The molecule has 0 aromatic carbocycles. The van der Waals surface area contributed by atoms with E-state index in [1.54, 1.807) is 5.43 Å². The number of guanidine groups is 1. The van der Waals surface area contributed by atoms with Crippen molar-refractivity contribution in [3.05, 3.63) is 10.1 Å². The number of carbonyl (C=O) groups is 2. The molecule has 0 bridgehead atoms. The minimum absolute atomic E-state index is 0.126. The van der Waals surface area contributed by atoms with Crippen LogP contribution in [0.15, 0.2) is 4.99 Å². The smallest absolute Gasteiger partial charge is 0.251 e. The summed E-state index contributed by atoms with van der Waals surface area (Å²) in [5.74, 6) is -1.59. The van der Waals surface area contributed by atoms with Crippen LogP contribution < -0.4 is 33.7 Å². The summed E-state index contributed by atoms with van der Waals surface area (Å²) in [4.78, 5) is 36.7. The molecule has 0 aliphatic rings. The molecule has 0 heterocycles. The first-order valence-corrected chi connectivity index (χ1v) is 6.54. The normalized spacial score (nSPS) is 14.0. The second-order valence-corrected chi connectivity index (χ2v) is 4.43. The third-order valence-electron chi connectivity index (χ3n) is 2.61. The molecule has 0 rings (SSSR count). The van der Waals surface area contributed by atoms with E-state index in [0.717, 1.165) is 0 Å². The van der Waals surface area contributed by atoms with Gasteiger partial charge in [0.2, 0.25) is 11.8 Å². The number of amides is 2. The zero-order valence-electron chi connectivity index (χ0n) is 12.0. The lowest BCUT2D eigenvalue weighted by Crippen LogP contribution is -2.50. The van der Waals surface area contributed by atoms with Crippen LogP contribution in [0.3, 0.4) is 0 Å². The molecule has 0 unspecified atom stereocenters. The van der Waals surface area contributed by atoms with E-state index in [1.165, 1.54) is 0 Å². The Balaban J connectivity index is 4.29. The van der Waals surface area contributed by atoms with Gasteiger partial charge in [-0.25, -0.2) is 15.1 Å². The minimum Gasteiger partial charge on any atom is -0.368 e. The van der Waals surface area contributed by atoms with Crippen LogP contribution in [0.2, 0.25) is 0 Å². The van der Waals surface area contributed by atoms with Gasteiger partial charge in [0.05, 0.1) is 6.04 Å². The average molecular weight is 318 g/mol. The molecule has 0 saturated carbocycles. The Morgan fingerprint density at radius 3 is 2.41 bits per heavy atom. The number of nitro groups is 1. The number of primary amides is 1. The second-order valence-electron chi connectivity index (χ2n) is 4.43. The largest absolute Gasteiger partial charge is 0.368 e. The average Bonchev–Trinajstić information content (AvgIpc) is 2.41. The van der Waals surface area contributed by atoms with Gasteiger partial charge in [0.15, 0.2) is 5.03 Å². The highest BCUT2D eigenvalue weighted by Gasteiger charge is 2.21. The molecule has 0 aromatic rings. The number of nitrogens with two attached hydrogens (primary N) is 4. The molecule has 0 aliphatic carbocycles. The maximum atomic E-state index is 11.7. The van der Waals surface area contributed by atoms with Crippen LogP contribution in [-0.4, -0.2) is 48.0 Å². The molecule has 2 amide bonds. The van der Waals surface area contributed by atoms with E-state index in [9.17, 15) is 19.7 Å². The van der Waals surface area contributed by atoms with Gasteiger partial charge in [0, 0.05) is 6.54 Å². The number of hydrogen-bond donors (Lipinski definition) is 6. The van der Waals surface area contributed by atoms with Gasteiger partial charge in [-0.2, -0.15) is 0 Å². The van der Waals surface area contributed by atoms with E-state index in [1.807, 2.05) is 0 Å². The lowest BCUT2D eigenvalue weighted by Gasteiger charge is -2.17. The SMILES string of the molecule is NCC[C@@H](N)C(=O)N[C@@H](CCCN=C(N)N[N+](=O)[O-])C(N)=O. The topological polar surface area (TPSA) is 218 Å². The number of nitrogens with zero attached hydrogens (tertiary/aromatic N) is 2. The fourth-order valence-corrected chi connectivity index (χ4v) is 1.50. The van der Waals surface area contributed by atoms with Crippen LogP contribution in [0, 0.1) is 10.1 Å². The van der Waals surface area contributed by atoms with Gasteiger partial charge in [0.1, 0.15) is 6.04 Å². The number of hydrazine groups is 1. The van der Waals surface area contributed by atoms with Gasteiger partial charge < -0.3 is 28.3 Å². The van der Waals surface area contributed by atoms with Gasteiger partial charge in [-0.1, -0.05) is 5.43 Å². The van der Waals surface area contributed by atoms with Gasteiger partial charge in [-0.05, 0) is 25.8 Å². The fraction of sp³-hybridized carbons (Fsp3) is 0.700. The van der Waals surface area contributed by atoms with Gasteiger partial charge in [0.25, 0.3) is 5.96 Å². The molecule has 0 radical (unpaired) electrons. The maximum Gasteiger partial charge on any atom is 0.251 e. The van der Waals surface area contributed by atoms with Crippen molar-refractivity contribution in [1.82, 2.24) is 10.7 Å². The van der Waals surface area contributed by atoms with E-state index in [2.05, 4.69) is 10.3 Å². The Morgan fingerprint density at radius 2 is 1.91 bits per heavy atom. The quantitative estimate of drug-likeness (QED) is 0.0778. The second kappa shape index (κ2) is 10.3. The molecule has 126 valence electrons. The Morgan fingerprint density at radius 1 is 1.27 bits per heavy atom. The van der Waals surface area contributed by atoms with E-state index >= 15 is 0 Å². The highest BCUT2D eigenvalue weighted by Crippen LogP contribution is 1.99. The van der Waals surface area contributed by atoms with Crippen molar-refractivity contribution in [2.75, 3.05) is 13.1 Å². The standard InChI is InChI=1S/C10H22N8O4/c11-4-3-6(12)9(20)16-7(8(13)19)2-1-5-15-10(14)17-18(21)22/h6-7H,1-5,11-12H2,(H2,13,19)(H,16,20)(H3,14,15,17)/t6-,7+/m1/s1. The minimum atomic E-state index is -0.906. The Bertz CT molecular complexity index is 427. The van der Waals surface area contributed by atoms with Gasteiger partial charge >= 0.3 is 0 Å². The number of hydrogen-bond acceptors (Lipinski definition) is 7. The van der Waals surface area contributed by atoms with Crippen molar-refractivity contribution < 1.29 is 14.6 Å². The molecule has 2 atom stereocenters. The molecule has 0 aromatic heterocycles. The highest BCUT2D eigenvalue weighted by atomic mass is 16.7. The van der Waals surface area contributed by atoms with E-state index in [0.29, 0.717) is 6.42 Å². The maximum absolute atomic E-state index is 11.7. The van der Waals surface area contributed by atoms with Crippen molar-refractivity contribution in [2.24, 2.45) is 27.9 Å². The number of rotatable bonds is 10. The lowest BCUT2D eigenvalue weighted by atomic mass is 10.1. The molecule has 0 saturated heterocycles. The highest BCUT2D eigenvalue weighted by molar-refractivity contribution is 5.88. The van der Waals surface area contributed by atoms with Crippen molar-refractivity contribution >= 4 is 17.8 Å². The molecule has 10 N–H and O–H groups in total. The molecule has 12 heteroatoms. The first kappa shape index (κ1) is 19.5. The summed E-state index contributed by atoms with van der Waals surface area (Å²) < 4.78 is 0. The van der Waals surface area contributed by atoms with Crippen LogP contribution in [0.1, 0.15) is 19.3 Å². The summed E-state index contributed by atoms with van der Waals surface area (Å²) in [7, 11) is 0.